The molecule has 7 heteroatoms. The van der Waals surface area contributed by atoms with Gasteiger partial charge in [-0.1, -0.05) is 41.9 Å². The number of nitrogens with one attached hydrogen (secondary N) is 1. The van der Waals surface area contributed by atoms with Crippen molar-refractivity contribution in [2.75, 3.05) is 14.2 Å². The SMILES string of the molecule is CONCc1c(F)cc(-c2cccc(-c3cccc4c3cnn4C)c2Cl)cc1OC. The molecule has 154 valence electrons. The molecule has 30 heavy (non-hydrogen) atoms. The fourth-order valence-corrected chi connectivity index (χ4v) is 3.98. The van der Waals surface area contributed by atoms with E-state index in [1.807, 2.05) is 54.3 Å². The van der Waals surface area contributed by atoms with Gasteiger partial charge in [-0.25, -0.2) is 4.39 Å². The van der Waals surface area contributed by atoms with Gasteiger partial charge < -0.3 is 9.57 Å². The monoisotopic (exact) mass is 425 g/mol. The van der Waals surface area contributed by atoms with E-state index in [1.54, 1.807) is 6.07 Å². The fraction of sp³-hybridized carbons (Fsp3) is 0.174. The summed E-state index contributed by atoms with van der Waals surface area (Å²) in [6, 6.07) is 15.0. The summed E-state index contributed by atoms with van der Waals surface area (Å²) in [4.78, 5) is 4.84. The zero-order valence-corrected chi connectivity index (χ0v) is 17.6. The Hall–Kier alpha value is -2.93. The number of halogens is 2. The van der Waals surface area contributed by atoms with Crippen molar-refractivity contribution in [3.05, 3.63) is 71.1 Å². The van der Waals surface area contributed by atoms with Gasteiger partial charge in [0, 0.05) is 29.1 Å². The van der Waals surface area contributed by atoms with Crippen molar-refractivity contribution < 1.29 is 14.0 Å². The van der Waals surface area contributed by atoms with Crippen LogP contribution in [0.4, 0.5) is 4.39 Å². The standard InChI is InChI=1S/C23H21ClFN3O2/c1-28-21-9-5-7-16(18(21)12-26-28)17-8-4-6-15(23(17)24)14-10-20(25)19(13-27-30-3)22(11-14)29-2/h4-12,27H,13H2,1-3H3. The summed E-state index contributed by atoms with van der Waals surface area (Å²) in [7, 11) is 4.89. The highest BCUT2D eigenvalue weighted by molar-refractivity contribution is 6.36. The Morgan fingerprint density at radius 3 is 2.57 bits per heavy atom. The normalized spacial score (nSPS) is 11.2. The average Bonchev–Trinajstić information content (AvgIpc) is 3.14. The number of hydrogen-bond donors (Lipinski definition) is 1. The summed E-state index contributed by atoms with van der Waals surface area (Å²) in [6.07, 6.45) is 1.83. The van der Waals surface area contributed by atoms with Gasteiger partial charge in [0.25, 0.3) is 0 Å². The first-order chi connectivity index (χ1) is 14.5. The van der Waals surface area contributed by atoms with Crippen molar-refractivity contribution in [3.63, 3.8) is 0 Å². The number of aryl methyl sites for hydroxylation is 1. The summed E-state index contributed by atoms with van der Waals surface area (Å²) >= 11 is 6.83. The van der Waals surface area contributed by atoms with E-state index < -0.39 is 5.82 Å². The molecular formula is C23H21ClFN3O2. The number of ether oxygens (including phenoxy) is 1. The van der Waals surface area contributed by atoms with Gasteiger partial charge in [-0.3, -0.25) is 4.68 Å². The Morgan fingerprint density at radius 2 is 1.80 bits per heavy atom. The molecule has 0 aliphatic carbocycles. The van der Waals surface area contributed by atoms with Crippen LogP contribution in [0.1, 0.15) is 5.56 Å². The fourth-order valence-electron chi connectivity index (χ4n) is 3.64. The van der Waals surface area contributed by atoms with Crippen molar-refractivity contribution in [1.29, 1.82) is 0 Å². The van der Waals surface area contributed by atoms with Crippen LogP contribution in [0.5, 0.6) is 5.75 Å². The van der Waals surface area contributed by atoms with Crippen LogP contribution in [0.2, 0.25) is 5.02 Å². The topological polar surface area (TPSA) is 48.3 Å². The molecule has 5 nitrogen and oxygen atoms in total. The summed E-state index contributed by atoms with van der Waals surface area (Å²) in [5.41, 5.74) is 7.23. The molecule has 0 saturated carbocycles. The van der Waals surface area contributed by atoms with E-state index in [9.17, 15) is 4.39 Å². The molecular weight excluding hydrogens is 405 g/mol. The summed E-state index contributed by atoms with van der Waals surface area (Å²) in [6.45, 7) is 0.183. The third-order valence-corrected chi connectivity index (χ3v) is 5.57. The zero-order chi connectivity index (χ0) is 21.3. The highest BCUT2D eigenvalue weighted by atomic mass is 35.5. The summed E-state index contributed by atoms with van der Waals surface area (Å²) in [5.74, 6) is 0.0233. The van der Waals surface area contributed by atoms with Crippen LogP contribution in [-0.4, -0.2) is 24.0 Å². The van der Waals surface area contributed by atoms with Crippen molar-refractivity contribution in [2.45, 2.75) is 6.54 Å². The van der Waals surface area contributed by atoms with Crippen LogP contribution in [-0.2, 0) is 18.4 Å². The molecule has 1 aromatic heterocycles. The number of hydroxylamine groups is 1. The van der Waals surface area contributed by atoms with Crippen LogP contribution < -0.4 is 10.2 Å². The number of nitrogens with zero attached hydrogens (tertiary/aromatic N) is 2. The van der Waals surface area contributed by atoms with Gasteiger partial charge in [0.15, 0.2) is 0 Å². The first kappa shape index (κ1) is 20.3. The lowest BCUT2D eigenvalue weighted by molar-refractivity contribution is 0.0853. The third kappa shape index (κ3) is 3.54. The molecule has 1 N–H and O–H groups in total. The minimum Gasteiger partial charge on any atom is -0.496 e. The van der Waals surface area contributed by atoms with Gasteiger partial charge in [-0.05, 0) is 29.3 Å². The predicted octanol–water partition coefficient (Wildman–Crippen LogP) is 5.36. The maximum atomic E-state index is 14.8. The first-order valence-electron chi connectivity index (χ1n) is 9.37. The number of hydrogen-bond acceptors (Lipinski definition) is 4. The van der Waals surface area contributed by atoms with Gasteiger partial charge in [-0.15, -0.1) is 0 Å². The second kappa shape index (κ2) is 8.44. The Morgan fingerprint density at radius 1 is 1.07 bits per heavy atom. The summed E-state index contributed by atoms with van der Waals surface area (Å²) in [5, 5.41) is 5.90. The molecule has 0 atom stereocenters. The van der Waals surface area contributed by atoms with E-state index >= 15 is 0 Å². The molecule has 1 heterocycles. The van der Waals surface area contributed by atoms with E-state index in [4.69, 9.17) is 21.2 Å². The minimum absolute atomic E-state index is 0.183. The average molecular weight is 426 g/mol. The van der Waals surface area contributed by atoms with E-state index in [0.717, 1.165) is 27.6 Å². The molecule has 0 radical (unpaired) electrons. The second-order valence-corrected chi connectivity index (χ2v) is 7.22. The van der Waals surface area contributed by atoms with E-state index in [0.29, 0.717) is 21.9 Å². The van der Waals surface area contributed by atoms with Crippen molar-refractivity contribution >= 4 is 22.5 Å². The molecule has 0 saturated heterocycles. The molecule has 0 aliphatic rings. The minimum atomic E-state index is -0.398. The van der Waals surface area contributed by atoms with E-state index in [-0.39, 0.29) is 6.54 Å². The number of fused-ring (bicyclic) bond motifs is 1. The number of methoxy groups -OCH3 is 1. The van der Waals surface area contributed by atoms with Crippen molar-refractivity contribution in [1.82, 2.24) is 15.3 Å². The Balaban J connectivity index is 1.85. The molecule has 0 fully saturated rings. The van der Waals surface area contributed by atoms with Crippen LogP contribution >= 0.6 is 11.6 Å². The molecule has 0 spiro atoms. The van der Waals surface area contributed by atoms with Gasteiger partial charge in [0.1, 0.15) is 11.6 Å². The zero-order valence-electron chi connectivity index (χ0n) is 16.9. The maximum Gasteiger partial charge on any atom is 0.132 e. The van der Waals surface area contributed by atoms with Gasteiger partial charge in [-0.2, -0.15) is 10.6 Å². The Kier molecular flexibility index (Phi) is 5.72. The number of rotatable bonds is 6. The molecule has 4 rings (SSSR count). The Labute approximate surface area is 178 Å². The quantitative estimate of drug-likeness (QED) is 0.422. The van der Waals surface area contributed by atoms with Gasteiger partial charge >= 0.3 is 0 Å². The lowest BCUT2D eigenvalue weighted by atomic mass is 9.96. The molecule has 3 aromatic carbocycles. The van der Waals surface area contributed by atoms with Crippen molar-refractivity contribution in [3.8, 4) is 28.0 Å². The second-order valence-electron chi connectivity index (χ2n) is 6.84. The molecule has 0 bridgehead atoms. The maximum absolute atomic E-state index is 14.8. The van der Waals surface area contributed by atoms with E-state index in [2.05, 4.69) is 10.6 Å². The molecule has 0 amide bonds. The van der Waals surface area contributed by atoms with Gasteiger partial charge in [0.05, 0.1) is 37.5 Å². The van der Waals surface area contributed by atoms with Crippen molar-refractivity contribution in [2.24, 2.45) is 7.05 Å². The van der Waals surface area contributed by atoms with Gasteiger partial charge in [0.2, 0.25) is 0 Å². The highest BCUT2D eigenvalue weighted by Gasteiger charge is 2.17. The lowest BCUT2D eigenvalue weighted by Crippen LogP contribution is -2.13. The number of aromatic nitrogens is 2. The molecule has 0 unspecified atom stereocenters. The van der Waals surface area contributed by atoms with Crippen LogP contribution in [0.25, 0.3) is 33.2 Å². The first-order valence-corrected chi connectivity index (χ1v) is 9.75. The molecule has 4 aromatic rings. The summed E-state index contributed by atoms with van der Waals surface area (Å²) < 4.78 is 22.1. The number of benzene rings is 3. The lowest BCUT2D eigenvalue weighted by Gasteiger charge is -2.15. The third-order valence-electron chi connectivity index (χ3n) is 5.16. The highest BCUT2D eigenvalue weighted by Crippen LogP contribution is 2.40. The Bertz CT molecular complexity index is 1220. The van der Waals surface area contributed by atoms with Crippen LogP contribution in [0, 0.1) is 5.82 Å². The largest absolute Gasteiger partial charge is 0.496 e. The smallest absolute Gasteiger partial charge is 0.132 e. The van der Waals surface area contributed by atoms with Crippen LogP contribution in [0.15, 0.2) is 54.7 Å². The van der Waals surface area contributed by atoms with Crippen LogP contribution in [0.3, 0.4) is 0 Å². The van der Waals surface area contributed by atoms with E-state index in [1.165, 1.54) is 20.3 Å². The molecule has 0 aliphatic heterocycles. The predicted molar refractivity (Wildman–Crippen MR) is 117 cm³/mol.